The maximum atomic E-state index is 11.2. The molecule has 0 amide bonds. The first-order chi connectivity index (χ1) is 6.81. The van der Waals surface area contributed by atoms with Crippen molar-refractivity contribution < 1.29 is 4.92 Å². The average molecular weight is 213 g/mol. The van der Waals surface area contributed by atoms with Gasteiger partial charge in [0.15, 0.2) is 0 Å². The summed E-state index contributed by atoms with van der Waals surface area (Å²) in [5.74, 6) is 0.974. The molecule has 1 atom stereocenters. The van der Waals surface area contributed by atoms with Crippen LogP contribution in [0.15, 0.2) is 4.99 Å². The van der Waals surface area contributed by atoms with Gasteiger partial charge >= 0.3 is 5.66 Å². The Morgan fingerprint density at radius 3 is 2.20 bits per heavy atom. The van der Waals surface area contributed by atoms with E-state index in [2.05, 4.69) is 4.99 Å². The topological polar surface area (TPSA) is 58.7 Å². The largest absolute Gasteiger partial charge is 0.354 e. The Bertz CT molecular complexity index is 299. The van der Waals surface area contributed by atoms with E-state index in [9.17, 15) is 10.1 Å². The van der Waals surface area contributed by atoms with Gasteiger partial charge in [-0.2, -0.15) is 4.99 Å². The number of nitrogens with zero attached hydrogens (tertiary/aromatic N) is 3. The summed E-state index contributed by atoms with van der Waals surface area (Å²) in [6.07, 6.45) is 0. The van der Waals surface area contributed by atoms with Crippen LogP contribution >= 0.6 is 0 Å². The van der Waals surface area contributed by atoms with Crippen molar-refractivity contribution in [3.8, 4) is 0 Å². The van der Waals surface area contributed by atoms with E-state index >= 15 is 0 Å². The molecule has 0 saturated carbocycles. The third-order valence-electron chi connectivity index (χ3n) is 2.93. The summed E-state index contributed by atoms with van der Waals surface area (Å²) in [4.78, 5) is 17.1. The average Bonchev–Trinajstić information content (AvgIpc) is 2.44. The van der Waals surface area contributed by atoms with Crippen molar-refractivity contribution in [2.45, 2.75) is 33.4 Å². The van der Waals surface area contributed by atoms with Gasteiger partial charge in [0.2, 0.25) is 0 Å². The Balaban J connectivity index is 3.11. The first kappa shape index (κ1) is 11.9. The Kier molecular flexibility index (Phi) is 3.02. The highest BCUT2D eigenvalue weighted by molar-refractivity contribution is 5.85. The summed E-state index contributed by atoms with van der Waals surface area (Å²) in [6.45, 7) is 8.09. The predicted molar refractivity (Wildman–Crippen MR) is 59.5 cm³/mol. The summed E-state index contributed by atoms with van der Waals surface area (Å²) in [7, 11) is 1.87. The van der Waals surface area contributed by atoms with Crippen LogP contribution in [0.3, 0.4) is 0 Å². The number of hydrogen-bond donors (Lipinski definition) is 0. The van der Waals surface area contributed by atoms with E-state index in [-0.39, 0.29) is 16.8 Å². The lowest BCUT2D eigenvalue weighted by Gasteiger charge is -2.22. The van der Waals surface area contributed by atoms with Gasteiger partial charge in [-0.05, 0) is 0 Å². The van der Waals surface area contributed by atoms with Crippen LogP contribution in [0, 0.1) is 22.0 Å². The molecule has 1 unspecified atom stereocenters. The molecule has 0 saturated heterocycles. The van der Waals surface area contributed by atoms with Crippen LogP contribution in [-0.2, 0) is 0 Å². The summed E-state index contributed by atoms with van der Waals surface area (Å²) < 4.78 is 0. The fourth-order valence-electron chi connectivity index (χ4n) is 1.94. The van der Waals surface area contributed by atoms with Crippen molar-refractivity contribution in [1.82, 2.24) is 4.90 Å². The maximum Gasteiger partial charge on any atom is 0.333 e. The third kappa shape index (κ3) is 1.82. The molecular weight excluding hydrogens is 194 g/mol. The van der Waals surface area contributed by atoms with Crippen LogP contribution in [0.25, 0.3) is 0 Å². The molecule has 5 nitrogen and oxygen atoms in total. The zero-order valence-electron chi connectivity index (χ0n) is 10.0. The highest BCUT2D eigenvalue weighted by Gasteiger charge is 2.52. The van der Waals surface area contributed by atoms with Crippen molar-refractivity contribution in [3.63, 3.8) is 0 Å². The van der Waals surface area contributed by atoms with Crippen LogP contribution in [0.4, 0.5) is 0 Å². The molecule has 0 aliphatic carbocycles. The molecule has 5 heteroatoms. The Morgan fingerprint density at radius 2 is 2.00 bits per heavy atom. The Hall–Kier alpha value is -1.13. The molecule has 0 fully saturated rings. The van der Waals surface area contributed by atoms with Gasteiger partial charge in [0.25, 0.3) is 0 Å². The van der Waals surface area contributed by atoms with E-state index in [4.69, 9.17) is 0 Å². The molecular formula is C10H19N3O2. The van der Waals surface area contributed by atoms with Gasteiger partial charge in [0.1, 0.15) is 12.4 Å². The van der Waals surface area contributed by atoms with Crippen molar-refractivity contribution in [2.75, 3.05) is 13.6 Å². The van der Waals surface area contributed by atoms with Crippen molar-refractivity contribution in [3.05, 3.63) is 10.1 Å². The van der Waals surface area contributed by atoms with Gasteiger partial charge in [-0.1, -0.05) is 27.7 Å². The highest BCUT2D eigenvalue weighted by Crippen LogP contribution is 2.30. The van der Waals surface area contributed by atoms with E-state index in [1.165, 1.54) is 0 Å². The van der Waals surface area contributed by atoms with Crippen LogP contribution in [0.2, 0.25) is 0 Å². The number of hydrogen-bond acceptors (Lipinski definition) is 4. The zero-order valence-corrected chi connectivity index (χ0v) is 10.0. The van der Waals surface area contributed by atoms with E-state index in [1.54, 1.807) is 0 Å². The van der Waals surface area contributed by atoms with E-state index in [0.29, 0.717) is 6.54 Å². The zero-order chi connectivity index (χ0) is 11.8. The fraction of sp³-hybridized carbons (Fsp3) is 0.900. The minimum atomic E-state index is -1.14. The second-order valence-electron chi connectivity index (χ2n) is 4.77. The molecule has 15 heavy (non-hydrogen) atoms. The lowest BCUT2D eigenvalue weighted by Crippen LogP contribution is -2.45. The minimum absolute atomic E-state index is 0.0915. The normalized spacial score (nSPS) is 26.3. The monoisotopic (exact) mass is 213 g/mol. The first-order valence-electron chi connectivity index (χ1n) is 5.26. The molecule has 0 aromatic heterocycles. The molecule has 0 N–H and O–H groups in total. The van der Waals surface area contributed by atoms with Crippen molar-refractivity contribution in [2.24, 2.45) is 16.8 Å². The molecule has 0 bridgehead atoms. The van der Waals surface area contributed by atoms with Crippen molar-refractivity contribution >= 4 is 5.84 Å². The number of amidine groups is 1. The standard InChI is InChI=1S/C10H19N3O2/c1-7(2)9-11-10(8(3)4,13(14)15)6-12(9)5/h7-8H,6H2,1-5H3. The van der Waals surface area contributed by atoms with E-state index in [1.807, 2.05) is 39.6 Å². The maximum absolute atomic E-state index is 11.2. The SMILES string of the molecule is CC(C)C1=NC(C(C)C)([N+](=O)[O-])CN1C. The first-order valence-corrected chi connectivity index (χ1v) is 5.26. The summed E-state index contributed by atoms with van der Waals surface area (Å²) in [5, 5.41) is 11.2. The molecule has 1 aliphatic rings. The molecule has 1 aliphatic heterocycles. The smallest absolute Gasteiger partial charge is 0.333 e. The second-order valence-corrected chi connectivity index (χ2v) is 4.77. The number of nitro groups is 1. The molecule has 86 valence electrons. The second kappa shape index (κ2) is 3.79. The molecule has 1 heterocycles. The highest BCUT2D eigenvalue weighted by atomic mass is 16.6. The predicted octanol–water partition coefficient (Wildman–Crippen LogP) is 1.62. The number of aliphatic imine (C=N–C) groups is 1. The summed E-state index contributed by atoms with van der Waals surface area (Å²) in [6, 6.07) is 0. The van der Waals surface area contributed by atoms with Gasteiger partial charge in [-0.3, -0.25) is 10.1 Å². The van der Waals surface area contributed by atoms with Gasteiger partial charge in [-0.15, -0.1) is 0 Å². The molecule has 1 rings (SSSR count). The van der Waals surface area contributed by atoms with E-state index in [0.717, 1.165) is 5.84 Å². The quantitative estimate of drug-likeness (QED) is 0.528. The van der Waals surface area contributed by atoms with Gasteiger partial charge in [0.05, 0.1) is 4.92 Å². The molecule has 0 aromatic carbocycles. The lowest BCUT2D eigenvalue weighted by molar-refractivity contribution is -0.574. The van der Waals surface area contributed by atoms with Crippen LogP contribution in [-0.4, -0.2) is 34.9 Å². The molecule has 0 spiro atoms. The molecule has 0 aromatic rings. The summed E-state index contributed by atoms with van der Waals surface area (Å²) in [5.41, 5.74) is -1.14. The third-order valence-corrected chi connectivity index (χ3v) is 2.93. The van der Waals surface area contributed by atoms with Gasteiger partial charge in [0, 0.05) is 18.9 Å². The Labute approximate surface area is 90.3 Å². The van der Waals surface area contributed by atoms with Crippen LogP contribution in [0.1, 0.15) is 27.7 Å². The van der Waals surface area contributed by atoms with Crippen LogP contribution < -0.4 is 0 Å². The minimum Gasteiger partial charge on any atom is -0.354 e. The number of likely N-dealkylation sites (N-methyl/N-ethyl adjacent to an activating group) is 1. The van der Waals surface area contributed by atoms with Crippen molar-refractivity contribution in [1.29, 1.82) is 0 Å². The fourth-order valence-corrected chi connectivity index (χ4v) is 1.94. The van der Waals surface area contributed by atoms with Crippen LogP contribution in [0.5, 0.6) is 0 Å². The Morgan fingerprint density at radius 1 is 1.47 bits per heavy atom. The van der Waals surface area contributed by atoms with E-state index < -0.39 is 5.66 Å². The van der Waals surface area contributed by atoms with Gasteiger partial charge in [-0.25, -0.2) is 0 Å². The molecule has 0 radical (unpaired) electrons. The lowest BCUT2D eigenvalue weighted by atomic mass is 9.98. The summed E-state index contributed by atoms with van der Waals surface area (Å²) >= 11 is 0. The van der Waals surface area contributed by atoms with Gasteiger partial charge < -0.3 is 4.90 Å². The number of rotatable bonds is 3.